The molecule has 0 bridgehead atoms. The quantitative estimate of drug-likeness (QED) is 0.670. The molecule has 96 valence electrons. The average Bonchev–Trinajstić information content (AvgIpc) is 2.95. The van der Waals surface area contributed by atoms with E-state index in [1.54, 1.807) is 0 Å². The average molecular weight is 261 g/mol. The molecule has 2 heterocycles. The molecule has 4 rings (SSSR count). The first-order chi connectivity index (χ1) is 9.84. The summed E-state index contributed by atoms with van der Waals surface area (Å²) in [4.78, 5) is 6.13. The summed E-state index contributed by atoms with van der Waals surface area (Å²) in [7, 11) is 2.10. The van der Waals surface area contributed by atoms with E-state index in [0.717, 1.165) is 34.8 Å². The zero-order chi connectivity index (χ0) is 13.5. The summed E-state index contributed by atoms with van der Waals surface area (Å²) in [6.07, 6.45) is 0. The Morgan fingerprint density at radius 3 is 2.40 bits per heavy atom. The molecule has 0 unspecified atom stereocenters. The van der Waals surface area contributed by atoms with Gasteiger partial charge in [-0.05, 0) is 11.6 Å². The Kier molecular flexibility index (Phi) is 2.31. The van der Waals surface area contributed by atoms with E-state index >= 15 is 0 Å². The fourth-order valence-corrected chi connectivity index (χ4v) is 2.81. The van der Waals surface area contributed by atoms with Crippen LogP contribution in [0.5, 0.6) is 0 Å². The van der Waals surface area contributed by atoms with Crippen molar-refractivity contribution in [1.82, 2.24) is 4.91 Å². The molecule has 0 aliphatic carbocycles. The summed E-state index contributed by atoms with van der Waals surface area (Å²) in [5.41, 5.74) is 6.35. The highest BCUT2D eigenvalue weighted by Crippen LogP contribution is 2.39. The van der Waals surface area contributed by atoms with Crippen molar-refractivity contribution < 1.29 is 0 Å². The first-order valence-electron chi connectivity index (χ1n) is 6.59. The van der Waals surface area contributed by atoms with Crippen LogP contribution >= 0.6 is 0 Å². The van der Waals surface area contributed by atoms with Gasteiger partial charge in [-0.1, -0.05) is 42.5 Å². The summed E-state index contributed by atoms with van der Waals surface area (Å²) < 4.78 is 0. The van der Waals surface area contributed by atoms with Gasteiger partial charge in [-0.3, -0.25) is 0 Å². The predicted octanol–water partition coefficient (Wildman–Crippen LogP) is 3.45. The normalized spacial score (nSPS) is 15.6. The Hall–Kier alpha value is -2.71. The molecule has 0 spiro atoms. The molecule has 20 heavy (non-hydrogen) atoms. The van der Waals surface area contributed by atoms with Crippen LogP contribution in [-0.4, -0.2) is 7.05 Å². The van der Waals surface area contributed by atoms with E-state index in [1.165, 1.54) is 5.56 Å². The Labute approximate surface area is 116 Å². The van der Waals surface area contributed by atoms with Crippen molar-refractivity contribution in [1.29, 1.82) is 0 Å². The van der Waals surface area contributed by atoms with Crippen LogP contribution in [0.25, 0.3) is 11.4 Å². The maximum Gasteiger partial charge on any atom is 0.229 e. The molecule has 0 amide bonds. The summed E-state index contributed by atoms with van der Waals surface area (Å²) in [6, 6.07) is 16.6. The molecule has 0 radical (unpaired) electrons. The van der Waals surface area contributed by atoms with E-state index in [4.69, 9.17) is 0 Å². The summed E-state index contributed by atoms with van der Waals surface area (Å²) in [5, 5.41) is 8.49. The first kappa shape index (κ1) is 11.1. The lowest BCUT2D eigenvalue weighted by atomic mass is 9.97. The topological polar surface area (TPSA) is 42.1 Å². The molecule has 2 aliphatic heterocycles. The Balaban J connectivity index is 2.07. The van der Waals surface area contributed by atoms with Crippen molar-refractivity contribution >= 4 is 17.1 Å². The van der Waals surface area contributed by atoms with Crippen LogP contribution in [0.4, 0.5) is 5.69 Å². The fraction of sp³-hybridized carbons (Fsp3) is 0.125. The van der Waals surface area contributed by atoms with Crippen molar-refractivity contribution in [2.45, 2.75) is 6.54 Å². The Bertz CT molecular complexity index is 798. The standard InChI is InChI=1S/C16H13N4/c1-20-10-11-6-2-3-7-12(11)15-16(18-19-17-15)13-8-4-5-9-14(13)20/h2-9H,10H2,1H3/q+1. The maximum absolute atomic E-state index is 4.25. The zero-order valence-corrected chi connectivity index (χ0v) is 11.1. The number of para-hydroxylation sites is 1. The predicted molar refractivity (Wildman–Crippen MR) is 78.8 cm³/mol. The van der Waals surface area contributed by atoms with Crippen molar-refractivity contribution in [2.75, 3.05) is 11.9 Å². The van der Waals surface area contributed by atoms with Gasteiger partial charge in [-0.15, -0.1) is 0 Å². The van der Waals surface area contributed by atoms with Gasteiger partial charge in [0, 0.05) is 30.4 Å². The van der Waals surface area contributed by atoms with Crippen LogP contribution < -0.4 is 9.81 Å². The van der Waals surface area contributed by atoms with E-state index in [2.05, 4.69) is 57.4 Å². The third-order valence-electron chi connectivity index (χ3n) is 3.76. The van der Waals surface area contributed by atoms with E-state index in [1.807, 2.05) is 18.2 Å². The maximum atomic E-state index is 4.25. The molecule has 2 aromatic carbocycles. The molecule has 2 aliphatic rings. The number of fused-ring (bicyclic) bond motifs is 4. The minimum absolute atomic E-state index is 0.847. The highest BCUT2D eigenvalue weighted by Gasteiger charge is 2.29. The smallest absolute Gasteiger partial charge is 0.229 e. The van der Waals surface area contributed by atoms with Gasteiger partial charge in [0.2, 0.25) is 4.91 Å². The van der Waals surface area contributed by atoms with Gasteiger partial charge in [0.15, 0.2) is 21.6 Å². The molecule has 0 saturated carbocycles. The van der Waals surface area contributed by atoms with E-state index in [-0.39, 0.29) is 0 Å². The third kappa shape index (κ3) is 1.52. The lowest BCUT2D eigenvalue weighted by Crippen LogP contribution is -2.20. The zero-order valence-electron chi connectivity index (χ0n) is 11.1. The highest BCUT2D eigenvalue weighted by molar-refractivity contribution is 5.95. The van der Waals surface area contributed by atoms with Gasteiger partial charge < -0.3 is 4.90 Å². The molecule has 4 nitrogen and oxygen atoms in total. The Morgan fingerprint density at radius 2 is 1.55 bits per heavy atom. The van der Waals surface area contributed by atoms with E-state index in [9.17, 15) is 0 Å². The number of benzene rings is 2. The van der Waals surface area contributed by atoms with Gasteiger partial charge in [-0.25, -0.2) is 0 Å². The number of rotatable bonds is 0. The summed E-state index contributed by atoms with van der Waals surface area (Å²) >= 11 is 0. The summed E-state index contributed by atoms with van der Waals surface area (Å²) in [6.45, 7) is 0.847. The van der Waals surface area contributed by atoms with E-state index < -0.39 is 0 Å². The lowest BCUT2D eigenvalue weighted by Gasteiger charge is -2.24. The van der Waals surface area contributed by atoms with Crippen LogP contribution in [0, 0.1) is 0 Å². The van der Waals surface area contributed by atoms with Crippen molar-refractivity contribution in [3.8, 4) is 0 Å². The SMILES string of the molecule is CN1Cc2ccccc2C2=C(N=[N+]=N2)c2ccccc21. The van der Waals surface area contributed by atoms with Gasteiger partial charge in [0.1, 0.15) is 0 Å². The molecule has 0 atom stereocenters. The minimum atomic E-state index is 0.847. The van der Waals surface area contributed by atoms with Gasteiger partial charge in [0.25, 0.3) is 0 Å². The monoisotopic (exact) mass is 261 g/mol. The Morgan fingerprint density at radius 1 is 0.900 bits per heavy atom. The molecule has 0 aromatic heterocycles. The molecular weight excluding hydrogens is 248 g/mol. The fourth-order valence-electron chi connectivity index (χ4n) is 2.81. The minimum Gasteiger partial charge on any atom is -0.370 e. The second kappa shape index (κ2) is 4.15. The largest absolute Gasteiger partial charge is 0.370 e. The second-order valence-corrected chi connectivity index (χ2v) is 5.02. The van der Waals surface area contributed by atoms with Crippen molar-refractivity contribution in [3.63, 3.8) is 0 Å². The lowest BCUT2D eigenvalue weighted by molar-refractivity contribution is 0.914. The van der Waals surface area contributed by atoms with Crippen LogP contribution in [0.15, 0.2) is 58.8 Å². The van der Waals surface area contributed by atoms with Crippen LogP contribution in [-0.2, 0) is 6.54 Å². The summed E-state index contributed by atoms with van der Waals surface area (Å²) in [5.74, 6) is 0. The molecule has 0 fully saturated rings. The number of hydrogen-bond acceptors (Lipinski definition) is 3. The number of nitrogens with zero attached hydrogens (tertiary/aromatic N) is 4. The first-order valence-corrected chi connectivity index (χ1v) is 6.59. The van der Waals surface area contributed by atoms with Crippen LogP contribution in [0.1, 0.15) is 16.7 Å². The van der Waals surface area contributed by atoms with E-state index in [0.29, 0.717) is 0 Å². The molecule has 2 aromatic rings. The second-order valence-electron chi connectivity index (χ2n) is 5.02. The van der Waals surface area contributed by atoms with Crippen molar-refractivity contribution in [3.05, 3.63) is 65.2 Å². The molecule has 4 heteroatoms. The van der Waals surface area contributed by atoms with Gasteiger partial charge in [0.05, 0.1) is 0 Å². The molecule has 0 saturated heterocycles. The molecular formula is C16H13N4+. The van der Waals surface area contributed by atoms with Crippen LogP contribution in [0.2, 0.25) is 0 Å². The van der Waals surface area contributed by atoms with Gasteiger partial charge in [-0.2, -0.15) is 0 Å². The third-order valence-corrected chi connectivity index (χ3v) is 3.76. The van der Waals surface area contributed by atoms with Gasteiger partial charge >= 0.3 is 0 Å². The molecule has 0 N–H and O–H groups in total. The number of hydrogen-bond donors (Lipinski definition) is 0. The highest BCUT2D eigenvalue weighted by atomic mass is 15.3. The van der Waals surface area contributed by atoms with Crippen LogP contribution in [0.3, 0.4) is 0 Å². The van der Waals surface area contributed by atoms with Crippen molar-refractivity contribution in [2.24, 2.45) is 10.2 Å². The number of anilines is 1.